The summed E-state index contributed by atoms with van der Waals surface area (Å²) in [7, 11) is -3.10. The molecule has 1 amide bonds. The van der Waals surface area contributed by atoms with Crippen molar-refractivity contribution in [3.63, 3.8) is 0 Å². The lowest BCUT2D eigenvalue weighted by Gasteiger charge is -2.07. The van der Waals surface area contributed by atoms with Gasteiger partial charge in [0.1, 0.15) is 6.33 Å². The van der Waals surface area contributed by atoms with E-state index in [1.807, 2.05) is 12.1 Å². The first-order chi connectivity index (χ1) is 11.9. The fourth-order valence-electron chi connectivity index (χ4n) is 2.35. The minimum Gasteiger partial charge on any atom is -0.322 e. The molecule has 0 aliphatic heterocycles. The van der Waals surface area contributed by atoms with Crippen molar-refractivity contribution in [1.29, 1.82) is 0 Å². The smallest absolute Gasteiger partial charge is 0.255 e. The molecule has 0 radical (unpaired) electrons. The van der Waals surface area contributed by atoms with Gasteiger partial charge in [-0.25, -0.2) is 13.4 Å². The number of aromatic nitrogens is 3. The molecule has 0 saturated heterocycles. The van der Waals surface area contributed by atoms with E-state index < -0.39 is 9.84 Å². The van der Waals surface area contributed by atoms with Crippen LogP contribution in [0, 0.1) is 0 Å². The first kappa shape index (κ1) is 16.8. The van der Waals surface area contributed by atoms with Crippen molar-refractivity contribution in [2.75, 3.05) is 11.6 Å². The van der Waals surface area contributed by atoms with E-state index in [-0.39, 0.29) is 11.7 Å². The summed E-state index contributed by atoms with van der Waals surface area (Å²) >= 11 is 0. The number of aromatic amines is 1. The summed E-state index contributed by atoms with van der Waals surface area (Å²) in [5.41, 5.74) is 2.52. The molecule has 1 heterocycles. The van der Waals surface area contributed by atoms with Crippen molar-refractivity contribution in [2.24, 2.45) is 0 Å². The summed E-state index contributed by atoms with van der Waals surface area (Å²) in [5, 5.41) is 9.38. The van der Waals surface area contributed by atoms with E-state index in [4.69, 9.17) is 0 Å². The Morgan fingerprint density at radius 2 is 1.92 bits per heavy atom. The number of nitrogens with zero attached hydrogens (tertiary/aromatic N) is 2. The van der Waals surface area contributed by atoms with Crippen LogP contribution in [0.3, 0.4) is 0 Å². The standard InChI is InChI=1S/C17H16N4O3S/c1-25(23,24)10-12-5-7-13(8-6-12)17(22)20-15-4-2-3-14(9-15)16-18-11-19-21-16/h2-9,11H,10H2,1H3,(H,20,22)(H,18,19,21). The van der Waals surface area contributed by atoms with Crippen molar-refractivity contribution in [3.05, 3.63) is 66.0 Å². The number of nitrogens with one attached hydrogen (secondary N) is 2. The third-order valence-corrected chi connectivity index (χ3v) is 4.31. The molecule has 3 aromatic rings. The van der Waals surface area contributed by atoms with Crippen LogP contribution < -0.4 is 5.32 Å². The molecule has 1 aromatic heterocycles. The molecule has 0 fully saturated rings. The van der Waals surface area contributed by atoms with Gasteiger partial charge in [-0.15, -0.1) is 0 Å². The number of carbonyl (C=O) groups is 1. The lowest BCUT2D eigenvalue weighted by Crippen LogP contribution is -2.12. The Labute approximate surface area is 145 Å². The number of amides is 1. The molecular weight excluding hydrogens is 340 g/mol. The summed E-state index contributed by atoms with van der Waals surface area (Å²) in [6.45, 7) is 0. The van der Waals surface area contributed by atoms with Gasteiger partial charge in [0.15, 0.2) is 15.7 Å². The highest BCUT2D eigenvalue weighted by atomic mass is 32.2. The zero-order valence-corrected chi connectivity index (χ0v) is 14.2. The van der Waals surface area contributed by atoms with Gasteiger partial charge in [0, 0.05) is 23.1 Å². The molecule has 2 aromatic carbocycles. The first-order valence-corrected chi connectivity index (χ1v) is 9.50. The molecule has 0 spiro atoms. The Hall–Kier alpha value is -3.00. The molecule has 25 heavy (non-hydrogen) atoms. The lowest BCUT2D eigenvalue weighted by atomic mass is 10.1. The summed E-state index contributed by atoms with van der Waals surface area (Å²) in [5.74, 6) is 0.288. The maximum atomic E-state index is 12.3. The Morgan fingerprint density at radius 1 is 1.16 bits per heavy atom. The number of anilines is 1. The molecule has 0 unspecified atom stereocenters. The van der Waals surface area contributed by atoms with E-state index >= 15 is 0 Å². The molecule has 2 N–H and O–H groups in total. The van der Waals surface area contributed by atoms with Gasteiger partial charge in [0.05, 0.1) is 5.75 Å². The number of hydrogen-bond acceptors (Lipinski definition) is 5. The van der Waals surface area contributed by atoms with E-state index in [0.29, 0.717) is 22.6 Å². The average Bonchev–Trinajstić information content (AvgIpc) is 3.09. The fraction of sp³-hybridized carbons (Fsp3) is 0.118. The topological polar surface area (TPSA) is 105 Å². The molecule has 0 saturated carbocycles. The van der Waals surface area contributed by atoms with Crippen LogP contribution in [0.4, 0.5) is 5.69 Å². The minimum absolute atomic E-state index is 0.0475. The zero-order valence-electron chi connectivity index (χ0n) is 13.4. The monoisotopic (exact) mass is 356 g/mol. The largest absolute Gasteiger partial charge is 0.322 e. The van der Waals surface area contributed by atoms with E-state index in [1.54, 1.807) is 36.4 Å². The van der Waals surface area contributed by atoms with Crippen LogP contribution in [-0.4, -0.2) is 35.8 Å². The number of sulfone groups is 1. The molecule has 0 bridgehead atoms. The van der Waals surface area contributed by atoms with E-state index in [9.17, 15) is 13.2 Å². The quantitative estimate of drug-likeness (QED) is 0.730. The number of rotatable bonds is 5. The molecule has 8 heteroatoms. The second-order valence-corrected chi connectivity index (χ2v) is 7.78. The number of H-pyrrole nitrogens is 1. The molecule has 128 valence electrons. The Balaban J connectivity index is 1.73. The lowest BCUT2D eigenvalue weighted by molar-refractivity contribution is 0.102. The molecule has 7 nitrogen and oxygen atoms in total. The number of benzene rings is 2. The maximum absolute atomic E-state index is 12.3. The molecule has 0 aliphatic rings. The highest BCUT2D eigenvalue weighted by molar-refractivity contribution is 7.89. The van der Waals surface area contributed by atoms with Gasteiger partial charge in [-0.1, -0.05) is 24.3 Å². The van der Waals surface area contributed by atoms with Gasteiger partial charge >= 0.3 is 0 Å². The van der Waals surface area contributed by atoms with Gasteiger partial charge < -0.3 is 5.32 Å². The van der Waals surface area contributed by atoms with E-state index in [0.717, 1.165) is 5.56 Å². The highest BCUT2D eigenvalue weighted by Gasteiger charge is 2.09. The Morgan fingerprint density at radius 3 is 2.56 bits per heavy atom. The van der Waals surface area contributed by atoms with Crippen LogP contribution in [-0.2, 0) is 15.6 Å². The van der Waals surface area contributed by atoms with Crippen LogP contribution >= 0.6 is 0 Å². The zero-order chi connectivity index (χ0) is 17.9. The first-order valence-electron chi connectivity index (χ1n) is 7.44. The van der Waals surface area contributed by atoms with Crippen LogP contribution in [0.1, 0.15) is 15.9 Å². The number of carbonyl (C=O) groups excluding carboxylic acids is 1. The van der Waals surface area contributed by atoms with Crippen molar-refractivity contribution in [2.45, 2.75) is 5.75 Å². The average molecular weight is 356 g/mol. The number of hydrogen-bond donors (Lipinski definition) is 2. The molecule has 0 atom stereocenters. The predicted octanol–water partition coefficient (Wildman–Crippen LogP) is 2.27. The summed E-state index contributed by atoms with van der Waals surface area (Å²) in [4.78, 5) is 16.4. The van der Waals surface area contributed by atoms with Crippen LogP contribution in [0.15, 0.2) is 54.9 Å². The SMILES string of the molecule is CS(=O)(=O)Cc1ccc(C(=O)Nc2cccc(-c3ncn[nH]3)c2)cc1. The molecular formula is C17H16N4O3S. The molecule has 0 aliphatic carbocycles. The van der Waals surface area contributed by atoms with Crippen molar-refractivity contribution in [3.8, 4) is 11.4 Å². The van der Waals surface area contributed by atoms with E-state index in [2.05, 4.69) is 20.5 Å². The fourth-order valence-corrected chi connectivity index (χ4v) is 3.15. The Bertz CT molecular complexity index is 981. The van der Waals surface area contributed by atoms with Gasteiger partial charge in [0.25, 0.3) is 5.91 Å². The van der Waals surface area contributed by atoms with Gasteiger partial charge in [-0.05, 0) is 29.8 Å². The van der Waals surface area contributed by atoms with Gasteiger partial charge in [0.2, 0.25) is 0 Å². The van der Waals surface area contributed by atoms with Crippen molar-refractivity contribution >= 4 is 21.4 Å². The van der Waals surface area contributed by atoms with Gasteiger partial charge in [-0.2, -0.15) is 5.10 Å². The summed E-state index contributed by atoms with van der Waals surface area (Å²) in [6, 6.07) is 13.7. The summed E-state index contributed by atoms with van der Waals surface area (Å²) < 4.78 is 22.6. The normalized spacial score (nSPS) is 11.2. The third-order valence-electron chi connectivity index (χ3n) is 3.45. The molecule has 3 rings (SSSR count). The third kappa shape index (κ3) is 4.51. The van der Waals surface area contributed by atoms with Crippen molar-refractivity contribution < 1.29 is 13.2 Å². The minimum atomic E-state index is -3.10. The summed E-state index contributed by atoms with van der Waals surface area (Å²) in [6.07, 6.45) is 2.59. The van der Waals surface area contributed by atoms with Crippen molar-refractivity contribution in [1.82, 2.24) is 15.2 Å². The van der Waals surface area contributed by atoms with E-state index in [1.165, 1.54) is 12.6 Å². The van der Waals surface area contributed by atoms with Crippen LogP contribution in [0.2, 0.25) is 0 Å². The highest BCUT2D eigenvalue weighted by Crippen LogP contribution is 2.19. The van der Waals surface area contributed by atoms with Gasteiger partial charge in [-0.3, -0.25) is 9.89 Å². The Kier molecular flexibility index (Phi) is 4.62. The van der Waals surface area contributed by atoms with Crippen LogP contribution in [0.5, 0.6) is 0 Å². The second kappa shape index (κ2) is 6.86. The second-order valence-electron chi connectivity index (χ2n) is 5.64. The maximum Gasteiger partial charge on any atom is 0.255 e. The predicted molar refractivity (Wildman–Crippen MR) is 94.8 cm³/mol. The van der Waals surface area contributed by atoms with Crippen LogP contribution in [0.25, 0.3) is 11.4 Å².